The average molecular weight is 181 g/mol. The first kappa shape index (κ1) is 12.4. The number of unbranched alkanes of at least 4 members (excludes halogenated alkanes) is 1. The van der Waals surface area contributed by atoms with Crippen LogP contribution in [0.15, 0.2) is 23.8 Å². The minimum Gasteiger partial charge on any atom is -0.305 e. The van der Waals surface area contributed by atoms with Crippen LogP contribution >= 0.6 is 0 Å². The van der Waals surface area contributed by atoms with Gasteiger partial charge in [-0.05, 0) is 47.2 Å². The van der Waals surface area contributed by atoms with Crippen molar-refractivity contribution in [3.8, 4) is 0 Å². The second kappa shape index (κ2) is 6.90. The lowest BCUT2D eigenvalue weighted by Crippen LogP contribution is -2.13. The van der Waals surface area contributed by atoms with Gasteiger partial charge < -0.3 is 4.90 Å². The maximum atomic E-state index is 3.89. The first-order chi connectivity index (χ1) is 6.02. The summed E-state index contributed by atoms with van der Waals surface area (Å²) in [4.78, 5) is 2.20. The number of allylic oxidation sites excluding steroid dienone is 2. The summed E-state index contributed by atoms with van der Waals surface area (Å²) in [5.74, 6) is 0. The summed E-state index contributed by atoms with van der Waals surface area (Å²) in [6.45, 7) is 9.26. The number of nitrogens with zero attached hydrogens (tertiary/aromatic N) is 1. The highest BCUT2D eigenvalue weighted by Gasteiger charge is 1.92. The molecule has 13 heavy (non-hydrogen) atoms. The van der Waals surface area contributed by atoms with Crippen molar-refractivity contribution in [1.82, 2.24) is 4.90 Å². The van der Waals surface area contributed by atoms with Gasteiger partial charge in [0.2, 0.25) is 0 Å². The molecule has 0 atom stereocenters. The topological polar surface area (TPSA) is 3.24 Å². The van der Waals surface area contributed by atoms with Gasteiger partial charge in [0, 0.05) is 6.54 Å². The van der Waals surface area contributed by atoms with Crippen molar-refractivity contribution in [2.45, 2.75) is 33.1 Å². The molecule has 0 saturated carbocycles. The third kappa shape index (κ3) is 9.35. The molecule has 0 aliphatic rings. The zero-order valence-corrected chi connectivity index (χ0v) is 9.56. The van der Waals surface area contributed by atoms with Gasteiger partial charge in [0.15, 0.2) is 0 Å². The van der Waals surface area contributed by atoms with E-state index in [2.05, 4.69) is 45.5 Å². The molecule has 0 aliphatic carbocycles. The van der Waals surface area contributed by atoms with Gasteiger partial charge in [-0.1, -0.05) is 17.2 Å². The summed E-state index contributed by atoms with van der Waals surface area (Å²) in [6.07, 6.45) is 5.92. The fourth-order valence-corrected chi connectivity index (χ4v) is 1.32. The van der Waals surface area contributed by atoms with Gasteiger partial charge in [-0.2, -0.15) is 0 Å². The molecule has 1 nitrogen and oxygen atoms in total. The maximum Gasteiger partial charge on any atom is 0.0183 e. The molecule has 0 N–H and O–H groups in total. The highest BCUT2D eigenvalue weighted by atomic mass is 15.0. The Morgan fingerprint density at radius 2 is 1.92 bits per heavy atom. The molecule has 0 aromatic heterocycles. The molecule has 0 aliphatic heterocycles. The van der Waals surface area contributed by atoms with E-state index >= 15 is 0 Å². The van der Waals surface area contributed by atoms with Crippen LogP contribution in [-0.4, -0.2) is 25.5 Å². The zero-order valence-electron chi connectivity index (χ0n) is 9.56. The van der Waals surface area contributed by atoms with Gasteiger partial charge >= 0.3 is 0 Å². The van der Waals surface area contributed by atoms with E-state index in [0.29, 0.717) is 0 Å². The van der Waals surface area contributed by atoms with Crippen LogP contribution in [0.5, 0.6) is 0 Å². The van der Waals surface area contributed by atoms with Crippen LogP contribution in [0.25, 0.3) is 0 Å². The molecule has 0 aromatic carbocycles. The Balaban J connectivity index is 3.53. The third-order valence-electron chi connectivity index (χ3n) is 1.87. The van der Waals surface area contributed by atoms with Crippen LogP contribution in [0.4, 0.5) is 0 Å². The van der Waals surface area contributed by atoms with Crippen LogP contribution in [-0.2, 0) is 0 Å². The second-order valence-electron chi connectivity index (χ2n) is 4.14. The summed E-state index contributed by atoms with van der Waals surface area (Å²) in [7, 11) is 4.20. The third-order valence-corrected chi connectivity index (χ3v) is 1.87. The molecular formula is C12H23N. The molecule has 0 heterocycles. The number of likely N-dealkylation sites (N-methyl/N-ethyl adjacent to an activating group) is 1. The predicted molar refractivity (Wildman–Crippen MR) is 61.0 cm³/mol. The molecule has 0 saturated heterocycles. The van der Waals surface area contributed by atoms with Gasteiger partial charge in [0.25, 0.3) is 0 Å². The molecule has 0 amide bonds. The Morgan fingerprint density at radius 1 is 1.31 bits per heavy atom. The Labute approximate surface area is 83.1 Å². The van der Waals surface area contributed by atoms with Crippen molar-refractivity contribution in [2.24, 2.45) is 0 Å². The molecule has 0 unspecified atom stereocenters. The molecule has 0 rings (SSSR count). The lowest BCUT2D eigenvalue weighted by molar-refractivity contribution is 0.444. The lowest BCUT2D eigenvalue weighted by Gasteiger charge is -2.09. The van der Waals surface area contributed by atoms with Crippen molar-refractivity contribution >= 4 is 0 Å². The molecule has 0 aromatic rings. The Kier molecular flexibility index (Phi) is 6.61. The molecule has 1 heteroatoms. The summed E-state index contributed by atoms with van der Waals surface area (Å²) in [6, 6.07) is 0. The van der Waals surface area contributed by atoms with Crippen LogP contribution < -0.4 is 0 Å². The van der Waals surface area contributed by atoms with Crippen molar-refractivity contribution in [2.75, 3.05) is 20.6 Å². The van der Waals surface area contributed by atoms with E-state index in [-0.39, 0.29) is 0 Å². The molecule has 76 valence electrons. The smallest absolute Gasteiger partial charge is 0.0183 e. The lowest BCUT2D eigenvalue weighted by atomic mass is 10.1. The number of rotatable bonds is 6. The standard InChI is InChI=1S/C12H23N/c1-11(2)8-6-7-9-12(3)10-13(4)5/h9H,1,6-8,10H2,2-5H3/b12-9+. The van der Waals surface area contributed by atoms with Gasteiger partial charge in [-0.15, -0.1) is 6.58 Å². The second-order valence-corrected chi connectivity index (χ2v) is 4.14. The van der Waals surface area contributed by atoms with E-state index in [1.54, 1.807) is 0 Å². The van der Waals surface area contributed by atoms with Gasteiger partial charge in [0.1, 0.15) is 0 Å². The largest absolute Gasteiger partial charge is 0.305 e. The van der Waals surface area contributed by atoms with E-state index in [0.717, 1.165) is 13.0 Å². The van der Waals surface area contributed by atoms with Crippen molar-refractivity contribution in [3.05, 3.63) is 23.8 Å². The number of hydrogen-bond acceptors (Lipinski definition) is 1. The van der Waals surface area contributed by atoms with Crippen molar-refractivity contribution in [3.63, 3.8) is 0 Å². The molecule has 0 radical (unpaired) electrons. The van der Waals surface area contributed by atoms with E-state index in [1.165, 1.54) is 24.0 Å². The Morgan fingerprint density at radius 3 is 2.38 bits per heavy atom. The zero-order chi connectivity index (χ0) is 10.3. The van der Waals surface area contributed by atoms with E-state index in [4.69, 9.17) is 0 Å². The van der Waals surface area contributed by atoms with Crippen LogP contribution in [0.3, 0.4) is 0 Å². The minimum absolute atomic E-state index is 1.08. The van der Waals surface area contributed by atoms with E-state index < -0.39 is 0 Å². The molecule has 0 bridgehead atoms. The first-order valence-corrected chi connectivity index (χ1v) is 4.97. The van der Waals surface area contributed by atoms with E-state index in [9.17, 15) is 0 Å². The normalized spacial score (nSPS) is 12.2. The quantitative estimate of drug-likeness (QED) is 0.449. The minimum atomic E-state index is 1.08. The van der Waals surface area contributed by atoms with Crippen LogP contribution in [0.2, 0.25) is 0 Å². The number of hydrogen-bond donors (Lipinski definition) is 0. The van der Waals surface area contributed by atoms with Gasteiger partial charge in [0.05, 0.1) is 0 Å². The van der Waals surface area contributed by atoms with Crippen LogP contribution in [0, 0.1) is 0 Å². The van der Waals surface area contributed by atoms with Crippen molar-refractivity contribution < 1.29 is 0 Å². The molecule has 0 fully saturated rings. The Hall–Kier alpha value is -0.560. The Bertz CT molecular complexity index is 178. The van der Waals surface area contributed by atoms with Crippen LogP contribution in [0.1, 0.15) is 33.1 Å². The predicted octanol–water partition coefficient (Wildman–Crippen LogP) is 3.24. The summed E-state index contributed by atoms with van der Waals surface area (Å²) >= 11 is 0. The van der Waals surface area contributed by atoms with E-state index in [1.807, 2.05) is 0 Å². The first-order valence-electron chi connectivity index (χ1n) is 4.97. The summed E-state index contributed by atoms with van der Waals surface area (Å²) in [5, 5.41) is 0. The maximum absolute atomic E-state index is 3.89. The summed E-state index contributed by atoms with van der Waals surface area (Å²) < 4.78 is 0. The molecular weight excluding hydrogens is 158 g/mol. The fourth-order valence-electron chi connectivity index (χ4n) is 1.32. The highest BCUT2D eigenvalue weighted by molar-refractivity contribution is 5.00. The monoisotopic (exact) mass is 181 g/mol. The SMILES string of the molecule is C=C(C)CCC/C=C(\C)CN(C)C. The van der Waals surface area contributed by atoms with Gasteiger partial charge in [-0.3, -0.25) is 0 Å². The van der Waals surface area contributed by atoms with Gasteiger partial charge in [-0.25, -0.2) is 0 Å². The van der Waals surface area contributed by atoms with Crippen molar-refractivity contribution in [1.29, 1.82) is 0 Å². The fraction of sp³-hybridized carbons (Fsp3) is 0.667. The molecule has 0 spiro atoms. The highest BCUT2D eigenvalue weighted by Crippen LogP contribution is 2.06. The average Bonchev–Trinajstić information content (AvgIpc) is 1.96. The summed E-state index contributed by atoms with van der Waals surface area (Å²) in [5.41, 5.74) is 2.75.